The summed E-state index contributed by atoms with van der Waals surface area (Å²) in [6.07, 6.45) is -4.76. The van der Waals surface area contributed by atoms with Crippen LogP contribution in [-0.2, 0) is 19.8 Å². The first-order chi connectivity index (χ1) is 10.1. The third-order valence-electron chi connectivity index (χ3n) is 2.95. The Bertz CT molecular complexity index is 787. The molecule has 0 radical (unpaired) electrons. The second-order valence-corrected chi connectivity index (χ2v) is 4.85. The highest BCUT2D eigenvalue weighted by Gasteiger charge is 2.34. The first kappa shape index (κ1) is 16.4. The van der Waals surface area contributed by atoms with Crippen LogP contribution in [-0.4, -0.2) is 14.9 Å². The summed E-state index contributed by atoms with van der Waals surface area (Å²) < 4.78 is 52.4. The Morgan fingerprint density at radius 3 is 2.50 bits per heavy atom. The van der Waals surface area contributed by atoms with Crippen LogP contribution in [0.4, 0.5) is 17.6 Å². The Labute approximate surface area is 126 Å². The van der Waals surface area contributed by atoms with Crippen LogP contribution in [0.25, 0.3) is 11.3 Å². The molecule has 118 valence electrons. The zero-order chi connectivity index (χ0) is 16.7. The molecule has 2 rings (SSSR count). The van der Waals surface area contributed by atoms with E-state index in [1.807, 2.05) is 0 Å². The predicted molar refractivity (Wildman–Crippen MR) is 70.8 cm³/mol. The number of aliphatic hydroxyl groups is 1. The lowest BCUT2D eigenvalue weighted by atomic mass is 10.1. The standard InChI is InChI=1S/C13H9ClF4N2O2/c1-20-11(13(16,17)18)4-10(22)12(19-20)7-2-6(5-21)8(14)3-9(7)15/h2-4,21H,5H2,1H3. The van der Waals surface area contributed by atoms with Crippen LogP contribution in [0.1, 0.15) is 11.3 Å². The minimum atomic E-state index is -4.76. The van der Waals surface area contributed by atoms with Crippen molar-refractivity contribution in [3.8, 4) is 11.3 Å². The summed E-state index contributed by atoms with van der Waals surface area (Å²) in [5.41, 5.74) is -3.04. The molecule has 0 amide bonds. The highest BCUT2D eigenvalue weighted by Crippen LogP contribution is 2.29. The number of alkyl halides is 3. The number of nitrogens with zero attached hydrogens (tertiary/aromatic N) is 2. The van der Waals surface area contributed by atoms with Gasteiger partial charge in [0.25, 0.3) is 0 Å². The number of aromatic nitrogens is 2. The molecule has 0 aliphatic carbocycles. The van der Waals surface area contributed by atoms with Gasteiger partial charge in [-0.25, -0.2) is 4.39 Å². The molecule has 22 heavy (non-hydrogen) atoms. The Morgan fingerprint density at radius 2 is 1.95 bits per heavy atom. The minimum Gasteiger partial charge on any atom is -0.392 e. The molecule has 0 bridgehead atoms. The van der Waals surface area contributed by atoms with E-state index < -0.39 is 35.4 Å². The molecular formula is C13H9ClF4N2O2. The number of rotatable bonds is 2. The van der Waals surface area contributed by atoms with Gasteiger partial charge in [-0.3, -0.25) is 9.48 Å². The van der Waals surface area contributed by atoms with Crippen molar-refractivity contribution in [1.29, 1.82) is 0 Å². The van der Waals surface area contributed by atoms with Gasteiger partial charge in [-0.2, -0.15) is 18.3 Å². The summed E-state index contributed by atoms with van der Waals surface area (Å²) in [4.78, 5) is 11.8. The molecule has 2 aromatic rings. The van der Waals surface area contributed by atoms with Crippen LogP contribution in [0, 0.1) is 5.82 Å². The molecule has 0 aliphatic heterocycles. The quantitative estimate of drug-likeness (QED) is 0.858. The third kappa shape index (κ3) is 2.97. The van der Waals surface area contributed by atoms with Crippen molar-refractivity contribution < 1.29 is 22.7 Å². The molecule has 9 heteroatoms. The fourth-order valence-corrected chi connectivity index (χ4v) is 2.10. The van der Waals surface area contributed by atoms with Gasteiger partial charge >= 0.3 is 6.18 Å². The number of hydrogen-bond donors (Lipinski definition) is 1. The molecule has 1 N–H and O–H groups in total. The summed E-state index contributed by atoms with van der Waals surface area (Å²) in [6, 6.07) is 2.28. The number of aryl methyl sites for hydroxylation is 1. The van der Waals surface area contributed by atoms with Crippen molar-refractivity contribution in [2.45, 2.75) is 12.8 Å². The molecule has 1 aromatic heterocycles. The second-order valence-electron chi connectivity index (χ2n) is 4.45. The van der Waals surface area contributed by atoms with E-state index in [4.69, 9.17) is 16.7 Å². The number of benzene rings is 1. The van der Waals surface area contributed by atoms with E-state index in [0.29, 0.717) is 10.7 Å². The predicted octanol–water partition coefficient (Wildman–Crippen LogP) is 2.75. The molecule has 0 unspecified atom stereocenters. The number of aliphatic hydroxyl groups excluding tert-OH is 1. The van der Waals surface area contributed by atoms with E-state index in [9.17, 15) is 22.4 Å². The van der Waals surface area contributed by atoms with Crippen LogP contribution in [0.15, 0.2) is 23.0 Å². The van der Waals surface area contributed by atoms with E-state index in [0.717, 1.165) is 19.2 Å². The molecule has 4 nitrogen and oxygen atoms in total. The molecule has 0 spiro atoms. The van der Waals surface area contributed by atoms with Crippen molar-refractivity contribution in [3.05, 3.63) is 50.5 Å². The highest BCUT2D eigenvalue weighted by atomic mass is 35.5. The van der Waals surface area contributed by atoms with E-state index in [1.54, 1.807) is 0 Å². The van der Waals surface area contributed by atoms with Crippen LogP contribution >= 0.6 is 11.6 Å². The van der Waals surface area contributed by atoms with Gasteiger partial charge in [0.2, 0.25) is 5.43 Å². The number of hydrogen-bond acceptors (Lipinski definition) is 3. The maximum atomic E-state index is 13.9. The largest absolute Gasteiger partial charge is 0.433 e. The van der Waals surface area contributed by atoms with Gasteiger partial charge in [0.1, 0.15) is 17.2 Å². The summed E-state index contributed by atoms with van der Waals surface area (Å²) in [6.45, 7) is -0.521. The van der Waals surface area contributed by atoms with Gasteiger partial charge in [0.15, 0.2) is 0 Å². The number of halogens is 5. The third-order valence-corrected chi connectivity index (χ3v) is 3.30. The highest BCUT2D eigenvalue weighted by molar-refractivity contribution is 6.31. The topological polar surface area (TPSA) is 55.1 Å². The maximum absolute atomic E-state index is 13.9. The smallest absolute Gasteiger partial charge is 0.392 e. The molecule has 1 heterocycles. The SMILES string of the molecule is Cn1nc(-c2cc(CO)c(Cl)cc2F)c(=O)cc1C(F)(F)F. The van der Waals surface area contributed by atoms with Crippen molar-refractivity contribution in [3.63, 3.8) is 0 Å². The Balaban J connectivity index is 2.70. The molecule has 0 aliphatic rings. The first-order valence-corrected chi connectivity index (χ1v) is 6.27. The summed E-state index contributed by atoms with van der Waals surface area (Å²) >= 11 is 5.69. The first-order valence-electron chi connectivity index (χ1n) is 5.90. The van der Waals surface area contributed by atoms with Crippen LogP contribution in [0.2, 0.25) is 5.02 Å². The zero-order valence-corrected chi connectivity index (χ0v) is 11.8. The molecule has 0 atom stereocenters. The van der Waals surface area contributed by atoms with Crippen LogP contribution in [0.3, 0.4) is 0 Å². The van der Waals surface area contributed by atoms with Gasteiger partial charge in [-0.05, 0) is 17.7 Å². The van der Waals surface area contributed by atoms with Gasteiger partial charge in [-0.15, -0.1) is 0 Å². The van der Waals surface area contributed by atoms with Crippen molar-refractivity contribution in [1.82, 2.24) is 9.78 Å². The zero-order valence-electron chi connectivity index (χ0n) is 11.1. The Morgan fingerprint density at radius 1 is 1.32 bits per heavy atom. The minimum absolute atomic E-state index is 0.0625. The fourth-order valence-electron chi connectivity index (χ4n) is 1.89. The average Bonchev–Trinajstić information content (AvgIpc) is 2.40. The molecule has 0 fully saturated rings. The Hall–Kier alpha value is -1.93. The normalized spacial score (nSPS) is 11.8. The van der Waals surface area contributed by atoms with Gasteiger partial charge < -0.3 is 5.11 Å². The van der Waals surface area contributed by atoms with Crippen molar-refractivity contribution in [2.24, 2.45) is 7.05 Å². The van der Waals surface area contributed by atoms with Crippen LogP contribution in [0.5, 0.6) is 0 Å². The summed E-state index contributed by atoms with van der Waals surface area (Å²) in [7, 11) is 0.993. The van der Waals surface area contributed by atoms with Crippen molar-refractivity contribution in [2.75, 3.05) is 0 Å². The lowest BCUT2D eigenvalue weighted by molar-refractivity contribution is -0.144. The monoisotopic (exact) mass is 336 g/mol. The van der Waals surface area contributed by atoms with E-state index >= 15 is 0 Å². The lowest BCUT2D eigenvalue weighted by Gasteiger charge is -2.13. The summed E-state index contributed by atoms with van der Waals surface area (Å²) in [5.74, 6) is -0.924. The van der Waals surface area contributed by atoms with E-state index in [-0.39, 0.29) is 16.1 Å². The van der Waals surface area contributed by atoms with Crippen LogP contribution < -0.4 is 5.43 Å². The van der Waals surface area contributed by atoms with Gasteiger partial charge in [-0.1, -0.05) is 11.6 Å². The van der Waals surface area contributed by atoms with Gasteiger partial charge in [0.05, 0.1) is 6.61 Å². The Kier molecular flexibility index (Phi) is 4.25. The fraction of sp³-hybridized carbons (Fsp3) is 0.231. The molecule has 0 saturated heterocycles. The van der Waals surface area contributed by atoms with Crippen molar-refractivity contribution >= 4 is 11.6 Å². The summed E-state index contributed by atoms with van der Waals surface area (Å²) in [5, 5.41) is 12.5. The average molecular weight is 337 g/mol. The lowest BCUT2D eigenvalue weighted by Crippen LogP contribution is -2.23. The van der Waals surface area contributed by atoms with Gasteiger partial charge in [0, 0.05) is 23.7 Å². The second kappa shape index (κ2) is 5.69. The molecule has 1 aromatic carbocycles. The molecule has 0 saturated carbocycles. The molecular weight excluding hydrogens is 328 g/mol. The van der Waals surface area contributed by atoms with E-state index in [1.165, 1.54) is 0 Å². The maximum Gasteiger partial charge on any atom is 0.433 e. The van der Waals surface area contributed by atoms with E-state index in [2.05, 4.69) is 5.10 Å².